The van der Waals surface area contributed by atoms with Gasteiger partial charge in [0.05, 0.1) is 12.3 Å². The van der Waals surface area contributed by atoms with E-state index in [-0.39, 0.29) is 0 Å². The minimum absolute atomic E-state index is 0.740. The van der Waals surface area contributed by atoms with Gasteiger partial charge >= 0.3 is 0 Å². The third-order valence-electron chi connectivity index (χ3n) is 2.92. The molecule has 0 unspecified atom stereocenters. The molecule has 1 aliphatic rings. The first-order valence-corrected chi connectivity index (χ1v) is 6.51. The molecule has 0 bridgehead atoms. The summed E-state index contributed by atoms with van der Waals surface area (Å²) in [4.78, 5) is 0. The summed E-state index contributed by atoms with van der Waals surface area (Å²) in [5.74, 6) is 1.57. The zero-order valence-electron chi connectivity index (χ0n) is 8.71. The summed E-state index contributed by atoms with van der Waals surface area (Å²) < 4.78 is 6.90. The predicted octanol–water partition coefficient (Wildman–Crippen LogP) is 3.44. The second-order valence-electron chi connectivity index (χ2n) is 4.14. The quantitative estimate of drug-likeness (QED) is 0.685. The number of anilines is 1. The van der Waals surface area contributed by atoms with E-state index in [4.69, 9.17) is 10.5 Å². The highest BCUT2D eigenvalue weighted by Gasteiger charge is 2.15. The van der Waals surface area contributed by atoms with Crippen molar-refractivity contribution in [2.24, 2.45) is 5.92 Å². The number of nitrogens with two attached hydrogens (primary N) is 1. The van der Waals surface area contributed by atoms with Crippen molar-refractivity contribution in [2.45, 2.75) is 25.7 Å². The fourth-order valence-corrected chi connectivity index (χ4v) is 2.55. The topological polar surface area (TPSA) is 35.2 Å². The van der Waals surface area contributed by atoms with Crippen molar-refractivity contribution >= 4 is 28.3 Å². The average Bonchev–Trinajstić information content (AvgIpc) is 2.69. The number of rotatable bonds is 3. The van der Waals surface area contributed by atoms with Crippen LogP contribution in [0.5, 0.6) is 5.75 Å². The van der Waals surface area contributed by atoms with Crippen LogP contribution in [0.1, 0.15) is 25.7 Å². The lowest BCUT2D eigenvalue weighted by Gasteiger charge is -2.13. The molecule has 2 N–H and O–H groups in total. The van der Waals surface area contributed by atoms with Gasteiger partial charge in [0.15, 0.2) is 0 Å². The maximum atomic E-state index is 5.88. The third-order valence-corrected chi connectivity index (χ3v) is 3.59. The second-order valence-corrected chi connectivity index (χ2v) is 5.39. The summed E-state index contributed by atoms with van der Waals surface area (Å²) >= 11 is 2.25. The molecule has 0 atom stereocenters. The van der Waals surface area contributed by atoms with E-state index < -0.39 is 0 Å². The Kier molecular flexibility index (Phi) is 3.72. The molecule has 0 radical (unpaired) electrons. The monoisotopic (exact) mass is 317 g/mol. The number of benzene rings is 1. The summed E-state index contributed by atoms with van der Waals surface area (Å²) in [5, 5.41) is 0. The number of hydrogen-bond acceptors (Lipinski definition) is 2. The van der Waals surface area contributed by atoms with E-state index in [1.54, 1.807) is 0 Å². The second kappa shape index (κ2) is 5.05. The van der Waals surface area contributed by atoms with Gasteiger partial charge in [-0.1, -0.05) is 12.8 Å². The van der Waals surface area contributed by atoms with Crippen molar-refractivity contribution in [2.75, 3.05) is 12.3 Å². The van der Waals surface area contributed by atoms with Gasteiger partial charge in [-0.2, -0.15) is 0 Å². The largest absolute Gasteiger partial charge is 0.491 e. The van der Waals surface area contributed by atoms with Gasteiger partial charge < -0.3 is 10.5 Å². The fourth-order valence-electron chi connectivity index (χ4n) is 2.04. The molecular formula is C12H16INO. The maximum Gasteiger partial charge on any atom is 0.142 e. The zero-order chi connectivity index (χ0) is 10.7. The molecule has 15 heavy (non-hydrogen) atoms. The third kappa shape index (κ3) is 3.00. The van der Waals surface area contributed by atoms with E-state index in [2.05, 4.69) is 22.6 Å². The Morgan fingerprint density at radius 3 is 2.73 bits per heavy atom. The van der Waals surface area contributed by atoms with E-state index in [0.29, 0.717) is 0 Å². The molecule has 0 heterocycles. The van der Waals surface area contributed by atoms with Crippen LogP contribution in [-0.2, 0) is 0 Å². The first kappa shape index (κ1) is 11.0. The Hall–Kier alpha value is -0.450. The van der Waals surface area contributed by atoms with Crippen molar-refractivity contribution in [3.8, 4) is 5.75 Å². The predicted molar refractivity (Wildman–Crippen MR) is 71.0 cm³/mol. The minimum Gasteiger partial charge on any atom is -0.491 e. The van der Waals surface area contributed by atoms with Crippen LogP contribution < -0.4 is 10.5 Å². The average molecular weight is 317 g/mol. The van der Waals surface area contributed by atoms with Gasteiger partial charge in [-0.15, -0.1) is 0 Å². The lowest BCUT2D eigenvalue weighted by atomic mass is 10.1. The maximum absolute atomic E-state index is 5.88. The number of hydrogen-bond donors (Lipinski definition) is 1. The molecular weight excluding hydrogens is 301 g/mol. The van der Waals surface area contributed by atoms with Crippen molar-refractivity contribution in [1.82, 2.24) is 0 Å². The van der Waals surface area contributed by atoms with Crippen LogP contribution >= 0.6 is 22.6 Å². The zero-order valence-corrected chi connectivity index (χ0v) is 10.9. The van der Waals surface area contributed by atoms with E-state index in [1.165, 1.54) is 25.7 Å². The first-order chi connectivity index (χ1) is 7.25. The lowest BCUT2D eigenvalue weighted by molar-refractivity contribution is 0.253. The van der Waals surface area contributed by atoms with Gasteiger partial charge in [-0.25, -0.2) is 0 Å². The Balaban J connectivity index is 1.92. The minimum atomic E-state index is 0.740. The van der Waals surface area contributed by atoms with Crippen molar-refractivity contribution < 1.29 is 4.74 Å². The Bertz CT molecular complexity index is 334. The molecule has 0 saturated heterocycles. The van der Waals surface area contributed by atoms with Gasteiger partial charge in [0.2, 0.25) is 0 Å². The van der Waals surface area contributed by atoms with Crippen LogP contribution in [0, 0.1) is 9.49 Å². The standard InChI is InChI=1S/C12H16INO/c13-10-5-6-12(11(14)7-10)15-8-9-3-1-2-4-9/h5-7,9H,1-4,8,14H2. The number of nitrogen functional groups attached to an aromatic ring is 1. The van der Waals surface area contributed by atoms with Gasteiger partial charge in [-0.05, 0) is 59.5 Å². The van der Waals surface area contributed by atoms with E-state index in [9.17, 15) is 0 Å². The van der Waals surface area contributed by atoms with Gasteiger partial charge in [-0.3, -0.25) is 0 Å². The van der Waals surface area contributed by atoms with Crippen LogP contribution in [-0.4, -0.2) is 6.61 Å². The van der Waals surface area contributed by atoms with Gasteiger partial charge in [0, 0.05) is 3.57 Å². The molecule has 1 fully saturated rings. The molecule has 0 spiro atoms. The molecule has 2 rings (SSSR count). The highest BCUT2D eigenvalue weighted by atomic mass is 127. The SMILES string of the molecule is Nc1cc(I)ccc1OCC1CCCC1. The van der Waals surface area contributed by atoms with Crippen molar-refractivity contribution in [3.63, 3.8) is 0 Å². The first-order valence-electron chi connectivity index (χ1n) is 5.43. The van der Waals surface area contributed by atoms with Crippen LogP contribution in [0.25, 0.3) is 0 Å². The summed E-state index contributed by atoms with van der Waals surface area (Å²) in [6.07, 6.45) is 5.33. The summed E-state index contributed by atoms with van der Waals surface area (Å²) in [6.45, 7) is 0.824. The van der Waals surface area contributed by atoms with Crippen molar-refractivity contribution in [1.29, 1.82) is 0 Å². The van der Waals surface area contributed by atoms with Gasteiger partial charge in [0.25, 0.3) is 0 Å². The van der Waals surface area contributed by atoms with Crippen LogP contribution in [0.3, 0.4) is 0 Å². The van der Waals surface area contributed by atoms with Gasteiger partial charge in [0.1, 0.15) is 5.75 Å². The highest BCUT2D eigenvalue weighted by molar-refractivity contribution is 14.1. The van der Waals surface area contributed by atoms with Crippen LogP contribution in [0.4, 0.5) is 5.69 Å². The number of halogens is 1. The molecule has 1 aliphatic carbocycles. The van der Waals surface area contributed by atoms with Crippen LogP contribution in [0.15, 0.2) is 18.2 Å². The highest BCUT2D eigenvalue weighted by Crippen LogP contribution is 2.28. The lowest BCUT2D eigenvalue weighted by Crippen LogP contribution is -2.09. The Morgan fingerprint density at radius 2 is 2.07 bits per heavy atom. The smallest absolute Gasteiger partial charge is 0.142 e. The van der Waals surface area contributed by atoms with E-state index in [0.717, 1.165) is 27.5 Å². The van der Waals surface area contributed by atoms with E-state index >= 15 is 0 Å². The number of ether oxygens (including phenoxy) is 1. The molecule has 1 saturated carbocycles. The van der Waals surface area contributed by atoms with E-state index in [1.807, 2.05) is 18.2 Å². The Morgan fingerprint density at radius 1 is 1.33 bits per heavy atom. The van der Waals surface area contributed by atoms with Crippen LogP contribution in [0.2, 0.25) is 0 Å². The van der Waals surface area contributed by atoms with Crippen molar-refractivity contribution in [3.05, 3.63) is 21.8 Å². The summed E-state index contributed by atoms with van der Waals surface area (Å²) in [6, 6.07) is 5.94. The molecule has 0 aromatic heterocycles. The Labute approximate surface area is 104 Å². The normalized spacial score (nSPS) is 16.9. The molecule has 3 heteroatoms. The summed E-state index contributed by atoms with van der Waals surface area (Å²) in [5.41, 5.74) is 6.63. The molecule has 2 nitrogen and oxygen atoms in total. The summed E-state index contributed by atoms with van der Waals surface area (Å²) in [7, 11) is 0. The fraction of sp³-hybridized carbons (Fsp3) is 0.500. The molecule has 1 aromatic carbocycles. The molecule has 0 aliphatic heterocycles. The molecule has 1 aromatic rings. The molecule has 82 valence electrons. The molecule has 0 amide bonds.